The second kappa shape index (κ2) is 5.43. The van der Waals surface area contributed by atoms with E-state index < -0.39 is 0 Å². The second-order valence-corrected chi connectivity index (χ2v) is 8.05. The van der Waals surface area contributed by atoms with Crippen LogP contribution < -0.4 is 0 Å². The van der Waals surface area contributed by atoms with E-state index in [1.807, 2.05) is 16.7 Å². The Balaban J connectivity index is 2.20. The van der Waals surface area contributed by atoms with Gasteiger partial charge in [-0.3, -0.25) is 4.79 Å². The predicted octanol–water partition coefficient (Wildman–Crippen LogP) is 4.07. The van der Waals surface area contributed by atoms with Gasteiger partial charge < -0.3 is 4.90 Å². The highest BCUT2D eigenvalue weighted by Crippen LogP contribution is 2.31. The molecule has 0 aliphatic carbocycles. The number of carbonyl (C=O) groups excluding carboxylic acids is 1. The van der Waals surface area contributed by atoms with Crippen LogP contribution >= 0.6 is 39.3 Å². The van der Waals surface area contributed by atoms with Crippen molar-refractivity contribution in [3.63, 3.8) is 0 Å². The normalized spacial score (nSPS) is 18.8. The Labute approximate surface area is 125 Å². The van der Waals surface area contributed by atoms with Gasteiger partial charge in [-0.1, -0.05) is 11.6 Å². The van der Waals surface area contributed by atoms with Gasteiger partial charge in [0.15, 0.2) is 0 Å². The molecule has 18 heavy (non-hydrogen) atoms. The average molecular weight is 349 g/mol. The Hall–Kier alpha value is -0.190. The molecule has 1 amide bonds. The first-order valence-electron chi connectivity index (χ1n) is 5.77. The predicted molar refractivity (Wildman–Crippen MR) is 81.6 cm³/mol. The molecule has 1 saturated heterocycles. The van der Waals surface area contributed by atoms with E-state index in [-0.39, 0.29) is 10.7 Å². The first-order valence-corrected chi connectivity index (χ1v) is 7.93. The molecular weight excluding hydrogens is 334 g/mol. The molecule has 1 aliphatic rings. The number of rotatable bonds is 1. The van der Waals surface area contributed by atoms with Gasteiger partial charge in [-0.25, -0.2) is 0 Å². The van der Waals surface area contributed by atoms with Gasteiger partial charge in [-0.15, -0.1) is 0 Å². The van der Waals surface area contributed by atoms with E-state index in [1.54, 1.807) is 18.2 Å². The average Bonchev–Trinajstić information content (AvgIpc) is 2.27. The van der Waals surface area contributed by atoms with Crippen molar-refractivity contribution in [3.8, 4) is 0 Å². The van der Waals surface area contributed by atoms with Gasteiger partial charge in [0.1, 0.15) is 0 Å². The van der Waals surface area contributed by atoms with Crippen molar-refractivity contribution in [1.29, 1.82) is 0 Å². The largest absolute Gasteiger partial charge is 0.336 e. The maximum absolute atomic E-state index is 12.5. The standard InChI is InChI=1S/C13H15BrClNOS/c1-13(2)8-16(5-6-18-13)12(17)10-4-3-9(15)7-11(10)14/h3-4,7H,5-6,8H2,1-2H3. The van der Waals surface area contributed by atoms with Crippen LogP contribution in [0.1, 0.15) is 24.2 Å². The SMILES string of the molecule is CC1(C)CN(C(=O)c2ccc(Cl)cc2Br)CCS1. The number of thioether (sulfide) groups is 1. The summed E-state index contributed by atoms with van der Waals surface area (Å²) in [5.41, 5.74) is 0.683. The number of hydrogen-bond acceptors (Lipinski definition) is 2. The van der Waals surface area contributed by atoms with E-state index >= 15 is 0 Å². The molecule has 0 aromatic heterocycles. The minimum absolute atomic E-state index is 0.0758. The molecule has 1 heterocycles. The number of nitrogens with zero attached hydrogens (tertiary/aromatic N) is 1. The fourth-order valence-electron chi connectivity index (χ4n) is 2.02. The van der Waals surface area contributed by atoms with Crippen molar-refractivity contribution in [2.24, 2.45) is 0 Å². The summed E-state index contributed by atoms with van der Waals surface area (Å²) in [6.07, 6.45) is 0. The first kappa shape index (κ1) is 14.2. The fourth-order valence-corrected chi connectivity index (χ4v) is 3.99. The Morgan fingerprint density at radius 3 is 2.83 bits per heavy atom. The van der Waals surface area contributed by atoms with Crippen molar-refractivity contribution in [1.82, 2.24) is 4.90 Å². The smallest absolute Gasteiger partial charge is 0.255 e. The Morgan fingerprint density at radius 2 is 2.22 bits per heavy atom. The van der Waals surface area contributed by atoms with Crippen LogP contribution in [0, 0.1) is 0 Å². The molecule has 1 fully saturated rings. The van der Waals surface area contributed by atoms with Crippen molar-refractivity contribution in [2.75, 3.05) is 18.8 Å². The molecular formula is C13H15BrClNOS. The van der Waals surface area contributed by atoms with Crippen LogP contribution in [0.15, 0.2) is 22.7 Å². The molecule has 1 aromatic carbocycles. The van der Waals surface area contributed by atoms with Crippen LogP contribution in [0.25, 0.3) is 0 Å². The molecule has 2 rings (SSSR count). The number of benzene rings is 1. The molecule has 0 bridgehead atoms. The highest BCUT2D eigenvalue weighted by atomic mass is 79.9. The third-order valence-corrected chi connectivity index (χ3v) is 5.06. The minimum atomic E-state index is 0.0758. The van der Waals surface area contributed by atoms with Gasteiger partial charge >= 0.3 is 0 Å². The highest BCUT2D eigenvalue weighted by molar-refractivity contribution is 9.10. The maximum Gasteiger partial charge on any atom is 0.255 e. The van der Waals surface area contributed by atoms with Gasteiger partial charge in [-0.05, 0) is 48.0 Å². The molecule has 1 aliphatic heterocycles. The van der Waals surface area contributed by atoms with Gasteiger partial charge in [0.05, 0.1) is 5.56 Å². The summed E-state index contributed by atoms with van der Waals surface area (Å²) in [5.74, 6) is 1.07. The third-order valence-electron chi connectivity index (χ3n) is 2.87. The van der Waals surface area contributed by atoms with Crippen LogP contribution in [-0.2, 0) is 0 Å². The number of carbonyl (C=O) groups is 1. The molecule has 5 heteroatoms. The van der Waals surface area contributed by atoms with E-state index in [4.69, 9.17) is 11.6 Å². The van der Waals surface area contributed by atoms with E-state index in [9.17, 15) is 4.79 Å². The molecule has 0 radical (unpaired) electrons. The van der Waals surface area contributed by atoms with Crippen molar-refractivity contribution in [3.05, 3.63) is 33.3 Å². The fraction of sp³-hybridized carbons (Fsp3) is 0.462. The summed E-state index contributed by atoms with van der Waals surface area (Å²) in [6.45, 7) is 5.94. The van der Waals surface area contributed by atoms with E-state index in [0.717, 1.165) is 23.3 Å². The number of hydrogen-bond donors (Lipinski definition) is 0. The number of halogens is 2. The molecule has 1 aromatic rings. The lowest BCUT2D eigenvalue weighted by Crippen LogP contribution is -2.46. The lowest BCUT2D eigenvalue weighted by molar-refractivity contribution is 0.0747. The first-order chi connectivity index (χ1) is 8.39. The van der Waals surface area contributed by atoms with Gasteiger partial charge in [0, 0.05) is 33.1 Å². The summed E-state index contributed by atoms with van der Waals surface area (Å²) >= 11 is 11.2. The van der Waals surface area contributed by atoms with E-state index in [2.05, 4.69) is 29.8 Å². The van der Waals surface area contributed by atoms with Crippen LogP contribution in [0.4, 0.5) is 0 Å². The number of amides is 1. The van der Waals surface area contributed by atoms with Crippen LogP contribution in [-0.4, -0.2) is 34.4 Å². The maximum atomic E-state index is 12.5. The zero-order valence-corrected chi connectivity index (χ0v) is 13.5. The quantitative estimate of drug-likeness (QED) is 0.762. The zero-order chi connectivity index (χ0) is 13.3. The minimum Gasteiger partial charge on any atom is -0.336 e. The van der Waals surface area contributed by atoms with Gasteiger partial charge in [0.25, 0.3) is 5.91 Å². The zero-order valence-electron chi connectivity index (χ0n) is 10.4. The second-order valence-electron chi connectivity index (χ2n) is 4.96. The Morgan fingerprint density at radius 1 is 1.50 bits per heavy atom. The molecule has 0 spiro atoms. The van der Waals surface area contributed by atoms with E-state index in [1.165, 1.54) is 0 Å². The summed E-state index contributed by atoms with van der Waals surface area (Å²) in [6, 6.07) is 5.30. The lowest BCUT2D eigenvalue weighted by Gasteiger charge is -2.37. The lowest BCUT2D eigenvalue weighted by atomic mass is 10.1. The van der Waals surface area contributed by atoms with Crippen LogP contribution in [0.2, 0.25) is 5.02 Å². The van der Waals surface area contributed by atoms with Crippen molar-refractivity contribution < 1.29 is 4.79 Å². The topological polar surface area (TPSA) is 20.3 Å². The summed E-state index contributed by atoms with van der Waals surface area (Å²) in [5, 5.41) is 0.632. The van der Waals surface area contributed by atoms with Gasteiger partial charge in [-0.2, -0.15) is 11.8 Å². The summed E-state index contributed by atoms with van der Waals surface area (Å²) in [7, 11) is 0. The molecule has 0 atom stereocenters. The Kier molecular flexibility index (Phi) is 4.29. The summed E-state index contributed by atoms with van der Waals surface area (Å²) < 4.78 is 0.892. The van der Waals surface area contributed by atoms with E-state index in [0.29, 0.717) is 10.6 Å². The molecule has 2 nitrogen and oxygen atoms in total. The van der Waals surface area contributed by atoms with Crippen LogP contribution in [0.5, 0.6) is 0 Å². The Bertz CT molecular complexity index is 478. The highest BCUT2D eigenvalue weighted by Gasteiger charge is 2.30. The summed E-state index contributed by atoms with van der Waals surface area (Å²) in [4.78, 5) is 14.4. The van der Waals surface area contributed by atoms with Crippen LogP contribution in [0.3, 0.4) is 0 Å². The molecule has 0 N–H and O–H groups in total. The van der Waals surface area contributed by atoms with Crippen molar-refractivity contribution in [2.45, 2.75) is 18.6 Å². The third kappa shape index (κ3) is 3.22. The van der Waals surface area contributed by atoms with Crippen molar-refractivity contribution >= 4 is 45.2 Å². The van der Waals surface area contributed by atoms with Gasteiger partial charge in [0.2, 0.25) is 0 Å². The molecule has 0 unspecified atom stereocenters. The monoisotopic (exact) mass is 347 g/mol. The molecule has 0 saturated carbocycles. The molecule has 98 valence electrons.